The van der Waals surface area contributed by atoms with Crippen molar-refractivity contribution in [2.45, 2.75) is 18.3 Å². The zero-order valence-corrected chi connectivity index (χ0v) is 14.5. The van der Waals surface area contributed by atoms with E-state index < -0.39 is 11.9 Å². The average molecular weight is 375 g/mol. The Bertz CT molecular complexity index is 640. The highest BCUT2D eigenvalue weighted by atomic mass is 79.9. The molecule has 0 aliphatic rings. The smallest absolute Gasteiger partial charge is 0.320 e. The van der Waals surface area contributed by atoms with Crippen LogP contribution >= 0.6 is 15.9 Å². The van der Waals surface area contributed by atoms with Crippen LogP contribution in [0.25, 0.3) is 0 Å². The van der Waals surface area contributed by atoms with Gasteiger partial charge < -0.3 is 4.74 Å². The number of hydrogen-bond acceptors (Lipinski definition) is 3. The maximum atomic E-state index is 13.1. The first-order valence-electron chi connectivity index (χ1n) is 7.46. The van der Waals surface area contributed by atoms with Crippen LogP contribution in [0.2, 0.25) is 0 Å². The van der Waals surface area contributed by atoms with E-state index in [1.807, 2.05) is 48.5 Å². The fourth-order valence-electron chi connectivity index (χ4n) is 2.65. The molecular weight excluding hydrogens is 356 g/mol. The molecule has 23 heavy (non-hydrogen) atoms. The van der Waals surface area contributed by atoms with Gasteiger partial charge in [-0.3, -0.25) is 9.59 Å². The van der Waals surface area contributed by atoms with E-state index in [9.17, 15) is 9.59 Å². The summed E-state index contributed by atoms with van der Waals surface area (Å²) in [6.07, 6.45) is 0.628. The Kier molecular flexibility index (Phi) is 6.53. The Balaban J connectivity index is 2.40. The number of alkyl halides is 1. The first kappa shape index (κ1) is 17.4. The monoisotopic (exact) mass is 374 g/mol. The van der Waals surface area contributed by atoms with Crippen molar-refractivity contribution in [3.05, 3.63) is 71.8 Å². The molecule has 0 aliphatic heterocycles. The van der Waals surface area contributed by atoms with Gasteiger partial charge in [-0.15, -0.1) is 0 Å². The van der Waals surface area contributed by atoms with E-state index in [4.69, 9.17) is 4.74 Å². The van der Waals surface area contributed by atoms with Gasteiger partial charge in [-0.05, 0) is 17.5 Å². The summed E-state index contributed by atoms with van der Waals surface area (Å²) in [6, 6.07) is 18.6. The SMILES string of the molecule is COC(=O)C(C(=O)C(CCBr)c1ccccc1)c1ccccc1. The molecule has 2 rings (SSSR count). The minimum atomic E-state index is -0.898. The Morgan fingerprint density at radius 1 is 0.957 bits per heavy atom. The fraction of sp³-hybridized carbons (Fsp3) is 0.263. The summed E-state index contributed by atoms with van der Waals surface area (Å²) in [4.78, 5) is 25.4. The van der Waals surface area contributed by atoms with Crippen molar-refractivity contribution in [3.63, 3.8) is 0 Å². The number of benzene rings is 2. The number of hydrogen-bond donors (Lipinski definition) is 0. The molecule has 2 unspecified atom stereocenters. The van der Waals surface area contributed by atoms with Gasteiger partial charge in [-0.25, -0.2) is 0 Å². The number of rotatable bonds is 7. The Morgan fingerprint density at radius 2 is 1.48 bits per heavy atom. The molecule has 2 atom stereocenters. The third kappa shape index (κ3) is 4.29. The summed E-state index contributed by atoms with van der Waals surface area (Å²) in [5, 5.41) is 0.682. The van der Waals surface area contributed by atoms with Crippen LogP contribution in [0.4, 0.5) is 0 Å². The zero-order chi connectivity index (χ0) is 16.7. The minimum Gasteiger partial charge on any atom is -0.468 e. The van der Waals surface area contributed by atoms with Crippen LogP contribution in [0.1, 0.15) is 29.4 Å². The van der Waals surface area contributed by atoms with Gasteiger partial charge >= 0.3 is 5.97 Å². The predicted octanol–water partition coefficient (Wildman–Crippen LogP) is 4.08. The Hall–Kier alpha value is -1.94. The number of carbonyl (C=O) groups is 2. The number of halogens is 1. The van der Waals surface area contributed by atoms with Gasteiger partial charge in [-0.2, -0.15) is 0 Å². The normalized spacial score (nSPS) is 13.1. The van der Waals surface area contributed by atoms with E-state index in [1.54, 1.807) is 12.1 Å². The maximum Gasteiger partial charge on any atom is 0.320 e. The van der Waals surface area contributed by atoms with E-state index in [2.05, 4.69) is 15.9 Å². The molecule has 0 aromatic heterocycles. The van der Waals surface area contributed by atoms with E-state index in [-0.39, 0.29) is 11.7 Å². The van der Waals surface area contributed by atoms with Crippen molar-refractivity contribution in [2.75, 3.05) is 12.4 Å². The van der Waals surface area contributed by atoms with Crippen molar-refractivity contribution in [3.8, 4) is 0 Å². The molecule has 0 fully saturated rings. The molecule has 2 aromatic rings. The highest BCUT2D eigenvalue weighted by Gasteiger charge is 2.34. The van der Waals surface area contributed by atoms with Gasteiger partial charge in [0, 0.05) is 11.2 Å². The summed E-state index contributed by atoms with van der Waals surface area (Å²) >= 11 is 3.41. The van der Waals surface area contributed by atoms with Crippen LogP contribution in [-0.4, -0.2) is 24.2 Å². The fourth-order valence-corrected chi connectivity index (χ4v) is 3.11. The molecule has 3 nitrogen and oxygen atoms in total. The molecule has 2 aromatic carbocycles. The zero-order valence-electron chi connectivity index (χ0n) is 12.9. The van der Waals surface area contributed by atoms with Gasteiger partial charge in [0.05, 0.1) is 7.11 Å². The summed E-state index contributed by atoms with van der Waals surface area (Å²) in [7, 11) is 1.31. The molecule has 0 spiro atoms. The topological polar surface area (TPSA) is 43.4 Å². The second-order valence-corrected chi connectivity index (χ2v) is 6.00. The average Bonchev–Trinajstić information content (AvgIpc) is 2.61. The third-order valence-corrected chi connectivity index (χ3v) is 4.26. The van der Waals surface area contributed by atoms with Crippen LogP contribution in [0.5, 0.6) is 0 Å². The summed E-state index contributed by atoms with van der Waals surface area (Å²) in [6.45, 7) is 0. The molecule has 0 bridgehead atoms. The molecular formula is C19H19BrO3. The number of methoxy groups -OCH3 is 1. The third-order valence-electron chi connectivity index (χ3n) is 3.80. The number of ketones is 1. The Labute approximate surface area is 144 Å². The van der Waals surface area contributed by atoms with Crippen LogP contribution < -0.4 is 0 Å². The second-order valence-electron chi connectivity index (χ2n) is 5.21. The maximum absolute atomic E-state index is 13.1. The van der Waals surface area contributed by atoms with E-state index >= 15 is 0 Å². The Morgan fingerprint density at radius 3 is 1.96 bits per heavy atom. The van der Waals surface area contributed by atoms with Gasteiger partial charge in [0.1, 0.15) is 5.92 Å². The number of Topliss-reactive ketones (excluding diaryl/α,β-unsaturated/α-hetero) is 1. The predicted molar refractivity (Wildman–Crippen MR) is 93.8 cm³/mol. The second kappa shape index (κ2) is 8.63. The first-order chi connectivity index (χ1) is 11.2. The molecule has 120 valence electrons. The van der Waals surface area contributed by atoms with E-state index in [0.717, 1.165) is 5.56 Å². The van der Waals surface area contributed by atoms with Crippen LogP contribution in [0.3, 0.4) is 0 Å². The van der Waals surface area contributed by atoms with E-state index in [1.165, 1.54) is 7.11 Å². The summed E-state index contributed by atoms with van der Waals surface area (Å²) < 4.78 is 4.88. The van der Waals surface area contributed by atoms with Crippen molar-refractivity contribution < 1.29 is 14.3 Å². The molecule has 0 heterocycles. The number of esters is 1. The molecule has 4 heteroatoms. The van der Waals surface area contributed by atoms with Crippen LogP contribution in [-0.2, 0) is 14.3 Å². The number of carbonyl (C=O) groups excluding carboxylic acids is 2. The summed E-state index contributed by atoms with van der Waals surface area (Å²) in [5.41, 5.74) is 1.58. The highest BCUT2D eigenvalue weighted by Crippen LogP contribution is 2.30. The molecule has 0 saturated heterocycles. The van der Waals surface area contributed by atoms with Crippen molar-refractivity contribution >= 4 is 27.7 Å². The lowest BCUT2D eigenvalue weighted by Crippen LogP contribution is -2.28. The molecule has 0 radical (unpaired) electrons. The molecule has 0 aliphatic carbocycles. The minimum absolute atomic E-state index is 0.131. The highest BCUT2D eigenvalue weighted by molar-refractivity contribution is 9.09. The molecule has 0 N–H and O–H groups in total. The van der Waals surface area contributed by atoms with Crippen molar-refractivity contribution in [2.24, 2.45) is 0 Å². The van der Waals surface area contributed by atoms with Crippen LogP contribution in [0.15, 0.2) is 60.7 Å². The van der Waals surface area contributed by atoms with Crippen molar-refractivity contribution in [1.29, 1.82) is 0 Å². The van der Waals surface area contributed by atoms with E-state index in [0.29, 0.717) is 17.3 Å². The van der Waals surface area contributed by atoms with Gasteiger partial charge in [-0.1, -0.05) is 76.6 Å². The van der Waals surface area contributed by atoms with Gasteiger partial charge in [0.2, 0.25) is 0 Å². The lowest BCUT2D eigenvalue weighted by molar-refractivity contribution is -0.146. The lowest BCUT2D eigenvalue weighted by atomic mass is 9.82. The van der Waals surface area contributed by atoms with Crippen LogP contribution in [0, 0.1) is 0 Å². The van der Waals surface area contributed by atoms with Crippen molar-refractivity contribution in [1.82, 2.24) is 0 Å². The van der Waals surface area contributed by atoms with Gasteiger partial charge in [0.25, 0.3) is 0 Å². The molecule has 0 amide bonds. The van der Waals surface area contributed by atoms with Gasteiger partial charge in [0.15, 0.2) is 5.78 Å². The number of ether oxygens (including phenoxy) is 1. The molecule has 0 saturated carbocycles. The quantitative estimate of drug-likeness (QED) is 0.416. The largest absolute Gasteiger partial charge is 0.468 e. The standard InChI is InChI=1S/C19H19BrO3/c1-23-19(22)17(15-10-6-3-7-11-15)18(21)16(12-13-20)14-8-4-2-5-9-14/h2-11,16-17H,12-13H2,1H3. The summed E-state index contributed by atoms with van der Waals surface area (Å²) in [5.74, 6) is -1.89. The lowest BCUT2D eigenvalue weighted by Gasteiger charge is -2.21. The first-order valence-corrected chi connectivity index (χ1v) is 8.58.